The lowest BCUT2D eigenvalue weighted by atomic mass is 9.99. The van der Waals surface area contributed by atoms with E-state index in [2.05, 4.69) is 0 Å². The highest BCUT2D eigenvalue weighted by Gasteiger charge is 2.19. The SMILES string of the molecule is O=[N+]([O-])c1cc2c(ccc3ccccc32)nc1Cc1cccc2ccccc12. The van der Waals surface area contributed by atoms with Gasteiger partial charge >= 0.3 is 0 Å². The zero-order valence-corrected chi connectivity index (χ0v) is 15.0. The molecule has 134 valence electrons. The van der Waals surface area contributed by atoms with Crippen LogP contribution in [0, 0.1) is 10.1 Å². The molecule has 0 N–H and O–H groups in total. The van der Waals surface area contributed by atoms with Crippen LogP contribution < -0.4 is 0 Å². The molecule has 28 heavy (non-hydrogen) atoms. The third kappa shape index (κ3) is 2.67. The van der Waals surface area contributed by atoms with Gasteiger partial charge in [-0.1, -0.05) is 72.8 Å². The van der Waals surface area contributed by atoms with Gasteiger partial charge in [-0.3, -0.25) is 10.1 Å². The molecule has 5 rings (SSSR count). The summed E-state index contributed by atoms with van der Waals surface area (Å²) in [6.07, 6.45) is 0.417. The van der Waals surface area contributed by atoms with Crippen LogP contribution in [-0.2, 0) is 6.42 Å². The summed E-state index contributed by atoms with van der Waals surface area (Å²) in [4.78, 5) is 16.2. The van der Waals surface area contributed by atoms with Gasteiger partial charge in [0.15, 0.2) is 0 Å². The van der Waals surface area contributed by atoms with Crippen molar-refractivity contribution >= 4 is 38.1 Å². The van der Waals surface area contributed by atoms with Crippen molar-refractivity contribution in [2.24, 2.45) is 0 Å². The van der Waals surface area contributed by atoms with Crippen LogP contribution in [0.5, 0.6) is 0 Å². The maximum Gasteiger partial charge on any atom is 0.291 e. The fraction of sp³-hybridized carbons (Fsp3) is 0.0417. The van der Waals surface area contributed by atoms with Gasteiger partial charge in [-0.25, -0.2) is 4.98 Å². The molecule has 0 aliphatic heterocycles. The molecule has 0 fully saturated rings. The number of hydrogen-bond acceptors (Lipinski definition) is 3. The summed E-state index contributed by atoms with van der Waals surface area (Å²) >= 11 is 0. The number of benzene rings is 4. The summed E-state index contributed by atoms with van der Waals surface area (Å²) in [5.41, 5.74) is 2.37. The van der Waals surface area contributed by atoms with Crippen molar-refractivity contribution in [3.8, 4) is 0 Å². The van der Waals surface area contributed by atoms with E-state index in [0.717, 1.165) is 38.0 Å². The lowest BCUT2D eigenvalue weighted by Crippen LogP contribution is -2.01. The minimum atomic E-state index is -0.325. The van der Waals surface area contributed by atoms with Crippen LogP contribution in [0.2, 0.25) is 0 Å². The van der Waals surface area contributed by atoms with Gasteiger partial charge < -0.3 is 0 Å². The zero-order valence-electron chi connectivity index (χ0n) is 15.0. The number of nitro groups is 1. The fourth-order valence-electron chi connectivity index (χ4n) is 3.87. The summed E-state index contributed by atoms with van der Waals surface area (Å²) in [5.74, 6) is 0. The molecular weight excluding hydrogens is 348 g/mol. The van der Waals surface area contributed by atoms with Crippen molar-refractivity contribution in [2.75, 3.05) is 0 Å². The Kier molecular flexibility index (Phi) is 3.76. The van der Waals surface area contributed by atoms with Crippen LogP contribution in [0.4, 0.5) is 5.69 Å². The summed E-state index contributed by atoms with van der Waals surface area (Å²) < 4.78 is 0. The van der Waals surface area contributed by atoms with Crippen molar-refractivity contribution < 1.29 is 4.92 Å². The normalized spacial score (nSPS) is 11.3. The predicted molar refractivity (Wildman–Crippen MR) is 113 cm³/mol. The van der Waals surface area contributed by atoms with Crippen molar-refractivity contribution in [1.29, 1.82) is 0 Å². The first-order valence-corrected chi connectivity index (χ1v) is 9.13. The zero-order chi connectivity index (χ0) is 19.1. The Morgan fingerprint density at radius 2 is 1.43 bits per heavy atom. The molecule has 0 spiro atoms. The van der Waals surface area contributed by atoms with Gasteiger partial charge in [-0.2, -0.15) is 0 Å². The van der Waals surface area contributed by atoms with E-state index in [0.29, 0.717) is 12.1 Å². The van der Waals surface area contributed by atoms with Gasteiger partial charge in [0.1, 0.15) is 5.69 Å². The first-order chi connectivity index (χ1) is 13.7. The molecule has 4 nitrogen and oxygen atoms in total. The van der Waals surface area contributed by atoms with Gasteiger partial charge in [0, 0.05) is 17.9 Å². The topological polar surface area (TPSA) is 56.0 Å². The third-order valence-corrected chi connectivity index (χ3v) is 5.21. The largest absolute Gasteiger partial charge is 0.291 e. The molecular formula is C24H16N2O2. The number of pyridine rings is 1. The molecule has 1 aromatic heterocycles. The molecule has 0 radical (unpaired) electrons. The van der Waals surface area contributed by atoms with Gasteiger partial charge in [0.05, 0.1) is 10.4 Å². The summed E-state index contributed by atoms with van der Waals surface area (Å²) in [6.45, 7) is 0. The van der Waals surface area contributed by atoms with Gasteiger partial charge in [0.2, 0.25) is 0 Å². The fourth-order valence-corrected chi connectivity index (χ4v) is 3.87. The molecule has 4 heteroatoms. The quantitative estimate of drug-likeness (QED) is 0.223. The Hall–Kier alpha value is -3.79. The second-order valence-electron chi connectivity index (χ2n) is 6.88. The number of hydrogen-bond donors (Lipinski definition) is 0. The van der Waals surface area contributed by atoms with E-state index in [1.165, 1.54) is 0 Å². The van der Waals surface area contributed by atoms with E-state index in [-0.39, 0.29) is 10.6 Å². The predicted octanol–water partition coefficient (Wildman–Crippen LogP) is 6.04. The Bertz CT molecular complexity index is 1370. The van der Waals surface area contributed by atoms with Gasteiger partial charge in [-0.15, -0.1) is 0 Å². The Labute approximate surface area is 161 Å². The summed E-state index contributed by atoms with van der Waals surface area (Å²) in [7, 11) is 0. The second-order valence-corrected chi connectivity index (χ2v) is 6.88. The van der Waals surface area contributed by atoms with E-state index < -0.39 is 0 Å². The van der Waals surface area contributed by atoms with Gasteiger partial charge in [-0.05, 0) is 33.2 Å². The lowest BCUT2D eigenvalue weighted by Gasteiger charge is -2.09. The highest BCUT2D eigenvalue weighted by atomic mass is 16.6. The van der Waals surface area contributed by atoms with Crippen LogP contribution in [0.1, 0.15) is 11.3 Å². The molecule has 0 aliphatic rings. The molecule has 1 heterocycles. The van der Waals surface area contributed by atoms with Crippen molar-refractivity contribution in [3.05, 3.63) is 106 Å². The second kappa shape index (κ2) is 6.43. The number of nitrogens with zero attached hydrogens (tertiary/aromatic N) is 2. The number of fused-ring (bicyclic) bond motifs is 4. The van der Waals surface area contributed by atoms with Crippen molar-refractivity contribution in [2.45, 2.75) is 6.42 Å². The molecule has 0 amide bonds. The third-order valence-electron chi connectivity index (χ3n) is 5.21. The molecule has 5 aromatic rings. The maximum absolute atomic E-state index is 11.8. The minimum Gasteiger partial charge on any atom is -0.258 e. The molecule has 0 saturated carbocycles. The highest BCUT2D eigenvalue weighted by molar-refractivity contribution is 6.06. The van der Waals surface area contributed by atoms with Crippen LogP contribution in [0.25, 0.3) is 32.4 Å². The van der Waals surface area contributed by atoms with E-state index in [4.69, 9.17) is 4.98 Å². The Balaban J connectivity index is 1.73. The van der Waals surface area contributed by atoms with E-state index in [9.17, 15) is 10.1 Å². The highest BCUT2D eigenvalue weighted by Crippen LogP contribution is 2.31. The van der Waals surface area contributed by atoms with Crippen molar-refractivity contribution in [3.63, 3.8) is 0 Å². The van der Waals surface area contributed by atoms with E-state index >= 15 is 0 Å². The Morgan fingerprint density at radius 3 is 2.21 bits per heavy atom. The van der Waals surface area contributed by atoms with Gasteiger partial charge in [0.25, 0.3) is 5.69 Å². The van der Waals surface area contributed by atoms with E-state index in [1.54, 1.807) is 6.07 Å². The Morgan fingerprint density at radius 1 is 0.750 bits per heavy atom. The van der Waals surface area contributed by atoms with Crippen LogP contribution in [0.3, 0.4) is 0 Å². The number of rotatable bonds is 3. The van der Waals surface area contributed by atoms with Crippen molar-refractivity contribution in [1.82, 2.24) is 4.98 Å². The maximum atomic E-state index is 11.8. The average Bonchev–Trinajstić information content (AvgIpc) is 2.73. The molecule has 0 bridgehead atoms. The first kappa shape index (κ1) is 16.4. The minimum absolute atomic E-state index is 0.0665. The summed E-state index contributed by atoms with van der Waals surface area (Å²) in [6, 6.07) is 27.6. The van der Waals surface area contributed by atoms with Crippen LogP contribution in [-0.4, -0.2) is 9.91 Å². The van der Waals surface area contributed by atoms with E-state index in [1.807, 2.05) is 78.9 Å². The van der Waals surface area contributed by atoms with Crippen LogP contribution >= 0.6 is 0 Å². The molecule has 0 atom stereocenters. The van der Waals surface area contributed by atoms with Crippen LogP contribution in [0.15, 0.2) is 84.9 Å². The average molecular weight is 364 g/mol. The molecule has 0 aliphatic carbocycles. The summed E-state index contributed by atoms with van der Waals surface area (Å²) in [5, 5.41) is 16.9. The smallest absolute Gasteiger partial charge is 0.258 e. The molecule has 0 saturated heterocycles. The monoisotopic (exact) mass is 364 g/mol. The standard InChI is InChI=1S/C24H16N2O2/c27-26(28)24-15-21-20-11-4-2-7-17(20)12-13-22(21)25-23(24)14-18-9-5-8-16-6-1-3-10-19(16)18/h1-13,15H,14H2. The lowest BCUT2D eigenvalue weighted by molar-refractivity contribution is -0.385. The molecule has 0 unspecified atom stereocenters. The molecule has 4 aromatic carbocycles. The first-order valence-electron chi connectivity index (χ1n) is 9.13. The number of aromatic nitrogens is 1.